The molecule has 0 atom stereocenters. The number of hydrogen-bond acceptors (Lipinski definition) is 4. The minimum absolute atomic E-state index is 0.0944. The lowest BCUT2D eigenvalue weighted by atomic mass is 10.1. The smallest absolute Gasteiger partial charge is 0.409 e. The van der Waals surface area contributed by atoms with Crippen molar-refractivity contribution in [3.8, 4) is 0 Å². The van der Waals surface area contributed by atoms with E-state index < -0.39 is 0 Å². The standard InChI is InChI=1S/C17H22N2O3S/c1-2-22-17(21)19-11-8-14(9-12-19)18-16(20)10-13-23-15-6-4-3-5-7-15/h3-7,10,13-14H,2,8-9,11-12H2,1H3,(H,18,20)/b13-10+. The quantitative estimate of drug-likeness (QED) is 0.664. The molecule has 1 N–H and O–H groups in total. The van der Waals surface area contributed by atoms with Gasteiger partial charge in [-0.25, -0.2) is 4.79 Å². The lowest BCUT2D eigenvalue weighted by molar-refractivity contribution is -0.117. The monoisotopic (exact) mass is 334 g/mol. The first-order valence-electron chi connectivity index (χ1n) is 7.79. The van der Waals surface area contributed by atoms with Gasteiger partial charge in [-0.3, -0.25) is 4.79 Å². The molecule has 1 saturated heterocycles. The minimum atomic E-state index is -0.267. The van der Waals surface area contributed by atoms with Gasteiger partial charge in [0.15, 0.2) is 0 Å². The number of nitrogens with zero attached hydrogens (tertiary/aromatic N) is 1. The van der Waals surface area contributed by atoms with Crippen LogP contribution in [-0.2, 0) is 9.53 Å². The molecule has 0 aromatic heterocycles. The van der Waals surface area contributed by atoms with Crippen LogP contribution in [-0.4, -0.2) is 42.6 Å². The fraction of sp³-hybridized carbons (Fsp3) is 0.412. The molecule has 1 aromatic rings. The predicted molar refractivity (Wildman–Crippen MR) is 91.2 cm³/mol. The summed E-state index contributed by atoms with van der Waals surface area (Å²) in [6.07, 6.45) is 2.79. The highest BCUT2D eigenvalue weighted by atomic mass is 32.2. The largest absolute Gasteiger partial charge is 0.450 e. The number of ether oxygens (including phenoxy) is 1. The summed E-state index contributed by atoms with van der Waals surface area (Å²) < 4.78 is 4.98. The van der Waals surface area contributed by atoms with Crippen LogP contribution in [0.15, 0.2) is 46.7 Å². The number of rotatable bonds is 5. The molecule has 1 fully saturated rings. The number of likely N-dealkylation sites (tertiary alicyclic amines) is 1. The van der Waals surface area contributed by atoms with E-state index in [0.29, 0.717) is 19.7 Å². The van der Waals surface area contributed by atoms with Gasteiger partial charge in [-0.05, 0) is 37.3 Å². The molecule has 6 heteroatoms. The van der Waals surface area contributed by atoms with E-state index in [0.717, 1.165) is 17.7 Å². The Morgan fingerprint density at radius 2 is 2.00 bits per heavy atom. The van der Waals surface area contributed by atoms with Crippen molar-refractivity contribution in [1.82, 2.24) is 10.2 Å². The first-order chi connectivity index (χ1) is 11.2. The van der Waals surface area contributed by atoms with E-state index in [1.54, 1.807) is 23.3 Å². The molecule has 1 aromatic carbocycles. The maximum Gasteiger partial charge on any atom is 0.409 e. The molecular weight excluding hydrogens is 312 g/mol. The van der Waals surface area contributed by atoms with Crippen molar-refractivity contribution in [3.63, 3.8) is 0 Å². The van der Waals surface area contributed by atoms with Crippen LogP contribution in [0.1, 0.15) is 19.8 Å². The Bertz CT molecular complexity index is 540. The first kappa shape index (κ1) is 17.4. The minimum Gasteiger partial charge on any atom is -0.450 e. The van der Waals surface area contributed by atoms with Gasteiger partial charge in [-0.1, -0.05) is 30.0 Å². The molecule has 0 saturated carbocycles. The van der Waals surface area contributed by atoms with Crippen molar-refractivity contribution in [1.29, 1.82) is 0 Å². The third kappa shape index (κ3) is 5.98. The summed E-state index contributed by atoms with van der Waals surface area (Å²) in [6.45, 7) is 3.42. The Morgan fingerprint density at radius 3 is 2.65 bits per heavy atom. The highest BCUT2D eigenvalue weighted by molar-refractivity contribution is 8.02. The fourth-order valence-electron chi connectivity index (χ4n) is 2.34. The Morgan fingerprint density at radius 1 is 1.30 bits per heavy atom. The zero-order chi connectivity index (χ0) is 16.5. The van der Waals surface area contributed by atoms with Crippen LogP contribution in [0.25, 0.3) is 0 Å². The van der Waals surface area contributed by atoms with Gasteiger partial charge in [-0.15, -0.1) is 0 Å². The molecule has 5 nitrogen and oxygen atoms in total. The Labute approximate surface area is 141 Å². The van der Waals surface area contributed by atoms with E-state index >= 15 is 0 Å². The van der Waals surface area contributed by atoms with Crippen LogP contribution in [0, 0.1) is 0 Å². The Balaban J connectivity index is 1.69. The Hall–Kier alpha value is -1.95. The number of hydrogen-bond donors (Lipinski definition) is 1. The van der Waals surface area contributed by atoms with Gasteiger partial charge < -0.3 is 15.0 Å². The molecule has 0 spiro atoms. The predicted octanol–water partition coefficient (Wildman–Crippen LogP) is 3.03. The van der Waals surface area contributed by atoms with Crippen LogP contribution in [0.5, 0.6) is 0 Å². The maximum absolute atomic E-state index is 11.9. The van der Waals surface area contributed by atoms with Crippen LogP contribution < -0.4 is 5.32 Å². The molecule has 1 aliphatic rings. The van der Waals surface area contributed by atoms with E-state index in [4.69, 9.17) is 4.74 Å². The van der Waals surface area contributed by atoms with Crippen LogP contribution in [0.2, 0.25) is 0 Å². The molecule has 124 valence electrons. The SMILES string of the molecule is CCOC(=O)N1CCC(NC(=O)/C=C/Sc2ccccc2)CC1. The van der Waals surface area contributed by atoms with Crippen LogP contribution in [0.3, 0.4) is 0 Å². The number of benzene rings is 1. The summed E-state index contributed by atoms with van der Waals surface area (Å²) in [7, 11) is 0. The van der Waals surface area contributed by atoms with E-state index in [1.807, 2.05) is 30.3 Å². The average Bonchev–Trinajstić information content (AvgIpc) is 2.57. The van der Waals surface area contributed by atoms with Crippen molar-refractivity contribution in [3.05, 3.63) is 41.8 Å². The molecular formula is C17H22N2O3S. The second kappa shape index (κ2) is 9.25. The summed E-state index contributed by atoms with van der Waals surface area (Å²) >= 11 is 1.51. The van der Waals surface area contributed by atoms with Crippen molar-refractivity contribution < 1.29 is 14.3 Å². The van der Waals surface area contributed by atoms with Crippen LogP contribution in [0.4, 0.5) is 4.79 Å². The summed E-state index contributed by atoms with van der Waals surface area (Å²) in [5.74, 6) is -0.0944. The summed E-state index contributed by atoms with van der Waals surface area (Å²) in [4.78, 5) is 26.3. The molecule has 23 heavy (non-hydrogen) atoms. The highest BCUT2D eigenvalue weighted by Crippen LogP contribution is 2.18. The lowest BCUT2D eigenvalue weighted by Gasteiger charge is -2.31. The molecule has 0 radical (unpaired) electrons. The molecule has 0 unspecified atom stereocenters. The van der Waals surface area contributed by atoms with E-state index in [-0.39, 0.29) is 18.0 Å². The number of carbonyl (C=O) groups excluding carboxylic acids is 2. The third-order valence-corrected chi connectivity index (χ3v) is 4.35. The number of nitrogens with one attached hydrogen (secondary N) is 1. The summed E-state index contributed by atoms with van der Waals surface area (Å²) in [5.41, 5.74) is 0. The van der Waals surface area contributed by atoms with Gasteiger partial charge in [-0.2, -0.15) is 0 Å². The zero-order valence-corrected chi connectivity index (χ0v) is 14.1. The second-order valence-electron chi connectivity index (χ2n) is 5.20. The summed E-state index contributed by atoms with van der Waals surface area (Å²) in [5, 5.41) is 4.77. The van der Waals surface area contributed by atoms with Gasteiger partial charge in [0.05, 0.1) is 6.61 Å². The second-order valence-corrected chi connectivity index (χ2v) is 6.18. The third-order valence-electron chi connectivity index (χ3n) is 3.53. The van der Waals surface area contributed by atoms with Gasteiger partial charge in [0, 0.05) is 30.1 Å². The molecule has 1 heterocycles. The average molecular weight is 334 g/mol. The molecule has 0 bridgehead atoms. The lowest BCUT2D eigenvalue weighted by Crippen LogP contribution is -2.46. The maximum atomic E-state index is 11.9. The normalized spacial score (nSPS) is 15.6. The topological polar surface area (TPSA) is 58.6 Å². The molecule has 2 amide bonds. The number of thioether (sulfide) groups is 1. The van der Waals surface area contributed by atoms with Gasteiger partial charge in [0.2, 0.25) is 5.91 Å². The van der Waals surface area contributed by atoms with E-state index in [1.165, 1.54) is 11.8 Å². The van der Waals surface area contributed by atoms with Gasteiger partial charge in [0.25, 0.3) is 0 Å². The fourth-order valence-corrected chi connectivity index (χ4v) is 3.01. The van der Waals surface area contributed by atoms with Gasteiger partial charge in [0.1, 0.15) is 0 Å². The van der Waals surface area contributed by atoms with Crippen molar-refractivity contribution in [2.75, 3.05) is 19.7 Å². The van der Waals surface area contributed by atoms with Crippen LogP contribution >= 0.6 is 11.8 Å². The van der Waals surface area contributed by atoms with Crippen molar-refractivity contribution in [2.24, 2.45) is 0 Å². The van der Waals surface area contributed by atoms with E-state index in [2.05, 4.69) is 5.32 Å². The van der Waals surface area contributed by atoms with E-state index in [9.17, 15) is 9.59 Å². The van der Waals surface area contributed by atoms with Crippen molar-refractivity contribution >= 4 is 23.8 Å². The van der Waals surface area contributed by atoms with Crippen molar-refractivity contribution in [2.45, 2.75) is 30.7 Å². The zero-order valence-electron chi connectivity index (χ0n) is 13.2. The first-order valence-corrected chi connectivity index (χ1v) is 8.67. The highest BCUT2D eigenvalue weighted by Gasteiger charge is 2.23. The molecule has 2 rings (SSSR count). The van der Waals surface area contributed by atoms with Gasteiger partial charge >= 0.3 is 6.09 Å². The molecule has 0 aliphatic carbocycles. The Kier molecular flexibility index (Phi) is 7.00. The molecule has 1 aliphatic heterocycles. The summed E-state index contributed by atoms with van der Waals surface area (Å²) in [6, 6.07) is 10.00. The number of piperidine rings is 1. The number of amides is 2. The number of carbonyl (C=O) groups is 2.